The molecule has 0 spiro atoms. The van der Waals surface area contributed by atoms with E-state index in [9.17, 15) is 13.2 Å². The molecule has 5 nitrogen and oxygen atoms in total. The maximum atomic E-state index is 12.4. The molecular weight excluding hydrogens is 266 g/mol. The van der Waals surface area contributed by atoms with Crippen molar-refractivity contribution in [3.63, 3.8) is 0 Å². The van der Waals surface area contributed by atoms with Gasteiger partial charge in [0.25, 0.3) is 0 Å². The Hall–Kier alpha value is -0.620. The van der Waals surface area contributed by atoms with Gasteiger partial charge in [-0.2, -0.15) is 4.31 Å². The van der Waals surface area contributed by atoms with Crippen LogP contribution in [0.2, 0.25) is 0 Å². The van der Waals surface area contributed by atoms with Crippen LogP contribution >= 0.6 is 0 Å². The van der Waals surface area contributed by atoms with E-state index in [-0.39, 0.29) is 11.7 Å². The second-order valence-corrected chi connectivity index (χ2v) is 7.58. The molecule has 1 fully saturated rings. The summed E-state index contributed by atoms with van der Waals surface area (Å²) >= 11 is 0. The lowest BCUT2D eigenvalue weighted by molar-refractivity contribution is -0.144. The standard InChI is InChI=1S/C13H25NO4S/c1-4-6-10(2)9-19(17,18)14-8-5-7-12(11(14)3)13(15)16/h10-12H,4-9H2,1-3H3,(H,15,16)/t10?,11-,12-/m0/s1. The van der Waals surface area contributed by atoms with Crippen LogP contribution in [-0.4, -0.2) is 42.1 Å². The van der Waals surface area contributed by atoms with Gasteiger partial charge in [-0.1, -0.05) is 20.3 Å². The number of carboxylic acid groups (broad SMARTS) is 1. The van der Waals surface area contributed by atoms with Gasteiger partial charge >= 0.3 is 5.97 Å². The zero-order valence-corrected chi connectivity index (χ0v) is 12.8. The number of nitrogens with zero attached hydrogens (tertiary/aromatic N) is 1. The predicted octanol–water partition coefficient (Wildman–Crippen LogP) is 1.94. The van der Waals surface area contributed by atoms with Crippen LogP contribution in [0.4, 0.5) is 0 Å². The molecule has 3 atom stereocenters. The van der Waals surface area contributed by atoms with Gasteiger partial charge in [0.05, 0.1) is 11.7 Å². The first kappa shape index (κ1) is 16.4. The molecular formula is C13H25NO4S. The minimum absolute atomic E-state index is 0.118. The normalized spacial score (nSPS) is 27.1. The molecule has 1 N–H and O–H groups in total. The summed E-state index contributed by atoms with van der Waals surface area (Å²) in [5, 5.41) is 9.14. The molecule has 1 unspecified atom stereocenters. The lowest BCUT2D eigenvalue weighted by atomic mass is 9.92. The van der Waals surface area contributed by atoms with Crippen LogP contribution in [0.3, 0.4) is 0 Å². The van der Waals surface area contributed by atoms with E-state index >= 15 is 0 Å². The van der Waals surface area contributed by atoms with E-state index in [1.54, 1.807) is 6.92 Å². The SMILES string of the molecule is CCCC(C)CS(=O)(=O)N1CCC[C@H](C(=O)O)[C@@H]1C. The average Bonchev–Trinajstić information content (AvgIpc) is 2.27. The minimum atomic E-state index is -3.35. The summed E-state index contributed by atoms with van der Waals surface area (Å²) in [6.07, 6.45) is 3.03. The Labute approximate surface area is 116 Å². The van der Waals surface area contributed by atoms with E-state index in [0.29, 0.717) is 19.4 Å². The van der Waals surface area contributed by atoms with Gasteiger partial charge in [-0.3, -0.25) is 4.79 Å². The molecule has 0 bridgehead atoms. The lowest BCUT2D eigenvalue weighted by Gasteiger charge is -2.36. The molecule has 0 radical (unpaired) electrons. The van der Waals surface area contributed by atoms with Crippen molar-refractivity contribution in [2.24, 2.45) is 11.8 Å². The Balaban J connectivity index is 2.79. The van der Waals surface area contributed by atoms with Crippen LogP contribution in [0.15, 0.2) is 0 Å². The Bertz CT molecular complexity index is 407. The number of aliphatic carboxylic acids is 1. The molecule has 0 aromatic carbocycles. The number of carboxylic acids is 1. The maximum Gasteiger partial charge on any atom is 0.308 e. The quantitative estimate of drug-likeness (QED) is 0.811. The van der Waals surface area contributed by atoms with Gasteiger partial charge in [-0.25, -0.2) is 8.42 Å². The highest BCUT2D eigenvalue weighted by Crippen LogP contribution is 2.27. The van der Waals surface area contributed by atoms with E-state index in [1.807, 2.05) is 13.8 Å². The maximum absolute atomic E-state index is 12.4. The Kier molecular flexibility index (Phi) is 5.80. The Morgan fingerprint density at radius 3 is 2.63 bits per heavy atom. The zero-order chi connectivity index (χ0) is 14.6. The highest BCUT2D eigenvalue weighted by Gasteiger charge is 2.39. The molecule has 1 saturated heterocycles. The van der Waals surface area contributed by atoms with Crippen LogP contribution in [0.1, 0.15) is 46.5 Å². The summed E-state index contributed by atoms with van der Waals surface area (Å²) in [6, 6.07) is -0.440. The number of hydrogen-bond donors (Lipinski definition) is 1. The molecule has 112 valence electrons. The Morgan fingerprint density at radius 1 is 1.47 bits per heavy atom. The van der Waals surface area contributed by atoms with Crippen molar-refractivity contribution in [1.29, 1.82) is 0 Å². The molecule has 0 saturated carbocycles. The van der Waals surface area contributed by atoms with Gasteiger partial charge < -0.3 is 5.11 Å². The van der Waals surface area contributed by atoms with Crippen LogP contribution in [-0.2, 0) is 14.8 Å². The summed E-state index contributed by atoms with van der Waals surface area (Å²) in [5.41, 5.74) is 0. The monoisotopic (exact) mass is 291 g/mol. The van der Waals surface area contributed by atoms with E-state index < -0.39 is 28.0 Å². The number of piperidine rings is 1. The number of sulfonamides is 1. The topological polar surface area (TPSA) is 74.7 Å². The van der Waals surface area contributed by atoms with Crippen molar-refractivity contribution in [3.8, 4) is 0 Å². The zero-order valence-electron chi connectivity index (χ0n) is 12.0. The molecule has 1 heterocycles. The highest BCUT2D eigenvalue weighted by molar-refractivity contribution is 7.89. The van der Waals surface area contributed by atoms with Gasteiger partial charge in [0.15, 0.2) is 0 Å². The average molecular weight is 291 g/mol. The van der Waals surface area contributed by atoms with Crippen LogP contribution in [0, 0.1) is 11.8 Å². The van der Waals surface area contributed by atoms with Crippen molar-refractivity contribution in [2.45, 2.75) is 52.5 Å². The van der Waals surface area contributed by atoms with Crippen LogP contribution in [0.5, 0.6) is 0 Å². The van der Waals surface area contributed by atoms with Crippen molar-refractivity contribution in [3.05, 3.63) is 0 Å². The number of carbonyl (C=O) groups is 1. The van der Waals surface area contributed by atoms with Crippen LogP contribution < -0.4 is 0 Å². The molecule has 0 amide bonds. The third-order valence-electron chi connectivity index (χ3n) is 3.88. The van der Waals surface area contributed by atoms with Crippen molar-refractivity contribution in [2.75, 3.05) is 12.3 Å². The lowest BCUT2D eigenvalue weighted by Crippen LogP contribution is -2.50. The second-order valence-electron chi connectivity index (χ2n) is 5.61. The third-order valence-corrected chi connectivity index (χ3v) is 6.10. The van der Waals surface area contributed by atoms with E-state index in [0.717, 1.165) is 12.8 Å². The van der Waals surface area contributed by atoms with E-state index in [4.69, 9.17) is 5.11 Å². The fourth-order valence-electron chi connectivity index (χ4n) is 2.87. The van der Waals surface area contributed by atoms with Gasteiger partial charge in [0, 0.05) is 12.6 Å². The van der Waals surface area contributed by atoms with Gasteiger partial charge in [-0.05, 0) is 32.1 Å². The minimum Gasteiger partial charge on any atom is -0.481 e. The molecule has 0 aromatic rings. The largest absolute Gasteiger partial charge is 0.481 e. The van der Waals surface area contributed by atoms with E-state index in [2.05, 4.69) is 0 Å². The van der Waals surface area contributed by atoms with Gasteiger partial charge in [0.2, 0.25) is 10.0 Å². The molecule has 1 aliphatic heterocycles. The molecule has 0 aromatic heterocycles. The van der Waals surface area contributed by atoms with E-state index in [1.165, 1.54) is 4.31 Å². The van der Waals surface area contributed by atoms with Crippen molar-refractivity contribution >= 4 is 16.0 Å². The molecule has 0 aliphatic carbocycles. The summed E-state index contributed by atoms with van der Waals surface area (Å²) in [4.78, 5) is 11.1. The fourth-order valence-corrected chi connectivity index (χ4v) is 5.00. The number of rotatable bonds is 6. The molecule has 19 heavy (non-hydrogen) atoms. The van der Waals surface area contributed by atoms with Gasteiger partial charge in [0.1, 0.15) is 0 Å². The second kappa shape index (κ2) is 6.70. The fraction of sp³-hybridized carbons (Fsp3) is 0.923. The Morgan fingerprint density at radius 2 is 2.11 bits per heavy atom. The molecule has 1 rings (SSSR count). The summed E-state index contributed by atoms with van der Waals surface area (Å²) in [5.74, 6) is -1.23. The van der Waals surface area contributed by atoms with Crippen molar-refractivity contribution in [1.82, 2.24) is 4.31 Å². The summed E-state index contributed by atoms with van der Waals surface area (Å²) < 4.78 is 26.2. The predicted molar refractivity (Wildman–Crippen MR) is 74.4 cm³/mol. The van der Waals surface area contributed by atoms with Gasteiger partial charge in [-0.15, -0.1) is 0 Å². The smallest absolute Gasteiger partial charge is 0.308 e. The summed E-state index contributed by atoms with van der Waals surface area (Å²) in [7, 11) is -3.35. The molecule has 1 aliphatic rings. The summed E-state index contributed by atoms with van der Waals surface area (Å²) in [6.45, 7) is 6.13. The third kappa shape index (κ3) is 4.18. The highest BCUT2D eigenvalue weighted by atomic mass is 32.2. The van der Waals surface area contributed by atoms with Crippen molar-refractivity contribution < 1.29 is 18.3 Å². The first-order valence-corrected chi connectivity index (χ1v) is 8.62. The number of hydrogen-bond acceptors (Lipinski definition) is 3. The molecule has 6 heteroatoms. The van der Waals surface area contributed by atoms with Crippen LogP contribution in [0.25, 0.3) is 0 Å². The first-order valence-electron chi connectivity index (χ1n) is 7.02. The first-order chi connectivity index (χ1) is 8.79.